The third kappa shape index (κ3) is 1.48. The van der Waals surface area contributed by atoms with Crippen LogP contribution in [0.1, 0.15) is 6.92 Å². The number of hydrogen-bond acceptors (Lipinski definition) is 5. The Hall–Kier alpha value is -1.78. The summed E-state index contributed by atoms with van der Waals surface area (Å²) < 4.78 is 14.7. The Labute approximate surface area is 79.9 Å². The van der Waals surface area contributed by atoms with E-state index in [1.54, 1.807) is 0 Å². The highest BCUT2D eigenvalue weighted by atomic mass is 16.6. The van der Waals surface area contributed by atoms with E-state index >= 15 is 0 Å². The van der Waals surface area contributed by atoms with E-state index < -0.39 is 18.0 Å². The van der Waals surface area contributed by atoms with E-state index in [0.717, 1.165) is 0 Å². The lowest BCUT2D eigenvalue weighted by atomic mass is 10.1. The Morgan fingerprint density at radius 2 is 2.43 bits per heavy atom. The Balaban J connectivity index is 2.21. The summed E-state index contributed by atoms with van der Waals surface area (Å²) in [6, 6.07) is 0. The first-order valence-electron chi connectivity index (χ1n) is 4.09. The molecule has 0 saturated heterocycles. The molecule has 0 aromatic carbocycles. The molecule has 74 valence electrons. The molecule has 0 aromatic heterocycles. The monoisotopic (exact) mass is 196 g/mol. The number of hydrogen-bond donors (Lipinski definition) is 0. The summed E-state index contributed by atoms with van der Waals surface area (Å²) in [5.74, 6) is -0.554. The highest BCUT2D eigenvalue weighted by molar-refractivity contribution is 5.88. The summed E-state index contributed by atoms with van der Waals surface area (Å²) >= 11 is 0. The van der Waals surface area contributed by atoms with Crippen molar-refractivity contribution in [3.8, 4) is 0 Å². The van der Waals surface area contributed by atoms with Gasteiger partial charge in [0, 0.05) is 18.6 Å². The van der Waals surface area contributed by atoms with Gasteiger partial charge in [-0.3, -0.25) is 4.79 Å². The van der Waals surface area contributed by atoms with Gasteiger partial charge in [0.15, 0.2) is 11.9 Å². The SMILES string of the molecule is CC(=O)O[C@@H]1COC=C2OC(=O)C=C21. The van der Waals surface area contributed by atoms with Gasteiger partial charge in [-0.25, -0.2) is 4.79 Å². The van der Waals surface area contributed by atoms with Crippen molar-refractivity contribution in [2.24, 2.45) is 0 Å². The van der Waals surface area contributed by atoms with Crippen LogP contribution in [-0.2, 0) is 23.8 Å². The molecule has 2 aliphatic heterocycles. The van der Waals surface area contributed by atoms with Crippen molar-refractivity contribution in [3.05, 3.63) is 23.7 Å². The maximum absolute atomic E-state index is 10.9. The van der Waals surface area contributed by atoms with E-state index in [4.69, 9.17) is 14.2 Å². The molecule has 2 heterocycles. The zero-order valence-corrected chi connectivity index (χ0v) is 7.48. The summed E-state index contributed by atoms with van der Waals surface area (Å²) in [6.07, 6.45) is 2.11. The molecule has 14 heavy (non-hydrogen) atoms. The lowest BCUT2D eigenvalue weighted by Crippen LogP contribution is -2.26. The quantitative estimate of drug-likeness (QED) is 0.563. The van der Waals surface area contributed by atoms with E-state index in [2.05, 4.69) is 0 Å². The summed E-state index contributed by atoms with van der Waals surface area (Å²) in [7, 11) is 0. The summed E-state index contributed by atoms with van der Waals surface area (Å²) in [5, 5.41) is 0. The lowest BCUT2D eigenvalue weighted by Gasteiger charge is -2.21. The number of ether oxygens (including phenoxy) is 3. The Kier molecular flexibility index (Phi) is 1.99. The molecule has 0 unspecified atom stereocenters. The van der Waals surface area contributed by atoms with Crippen molar-refractivity contribution in [1.29, 1.82) is 0 Å². The molecule has 0 radical (unpaired) electrons. The fraction of sp³-hybridized carbons (Fsp3) is 0.333. The second kappa shape index (κ2) is 3.17. The zero-order chi connectivity index (χ0) is 10.1. The molecule has 0 saturated carbocycles. The predicted octanol–water partition coefficient (Wildman–Crippen LogP) is 0.273. The highest BCUT2D eigenvalue weighted by Crippen LogP contribution is 2.28. The lowest BCUT2D eigenvalue weighted by molar-refractivity contribution is -0.146. The van der Waals surface area contributed by atoms with Gasteiger partial charge < -0.3 is 14.2 Å². The van der Waals surface area contributed by atoms with Gasteiger partial charge in [-0.2, -0.15) is 0 Å². The molecular formula is C9H8O5. The van der Waals surface area contributed by atoms with Crippen molar-refractivity contribution < 1.29 is 23.8 Å². The number of esters is 2. The fourth-order valence-electron chi connectivity index (χ4n) is 1.34. The highest BCUT2D eigenvalue weighted by Gasteiger charge is 2.32. The van der Waals surface area contributed by atoms with E-state index in [0.29, 0.717) is 11.3 Å². The number of carbonyl (C=O) groups excluding carboxylic acids is 2. The molecule has 0 aromatic rings. The largest absolute Gasteiger partial charge is 0.493 e. The van der Waals surface area contributed by atoms with Crippen LogP contribution in [0.4, 0.5) is 0 Å². The summed E-state index contributed by atoms with van der Waals surface area (Å²) in [4.78, 5) is 21.6. The number of fused-ring (bicyclic) bond motifs is 1. The molecule has 1 atom stereocenters. The Morgan fingerprint density at radius 1 is 1.64 bits per heavy atom. The van der Waals surface area contributed by atoms with Crippen LogP contribution in [0.25, 0.3) is 0 Å². The van der Waals surface area contributed by atoms with Gasteiger partial charge in [-0.15, -0.1) is 0 Å². The third-order valence-electron chi connectivity index (χ3n) is 1.86. The first-order valence-corrected chi connectivity index (χ1v) is 4.09. The van der Waals surface area contributed by atoms with E-state index in [1.807, 2.05) is 0 Å². The second-order valence-corrected chi connectivity index (χ2v) is 2.93. The van der Waals surface area contributed by atoms with Gasteiger partial charge in [0.05, 0.1) is 0 Å². The van der Waals surface area contributed by atoms with Gasteiger partial charge in [-0.1, -0.05) is 0 Å². The molecule has 0 spiro atoms. The van der Waals surface area contributed by atoms with E-state index in [-0.39, 0.29) is 6.61 Å². The first kappa shape index (κ1) is 8.80. The number of rotatable bonds is 1. The van der Waals surface area contributed by atoms with Gasteiger partial charge >= 0.3 is 11.9 Å². The molecule has 2 aliphatic rings. The van der Waals surface area contributed by atoms with E-state index in [9.17, 15) is 9.59 Å². The van der Waals surface area contributed by atoms with Crippen molar-refractivity contribution in [2.75, 3.05) is 6.61 Å². The summed E-state index contributed by atoms with van der Waals surface area (Å²) in [6.45, 7) is 1.52. The van der Waals surface area contributed by atoms with Gasteiger partial charge in [-0.05, 0) is 0 Å². The van der Waals surface area contributed by atoms with Gasteiger partial charge in [0.1, 0.15) is 12.9 Å². The minimum Gasteiger partial charge on any atom is -0.493 e. The predicted molar refractivity (Wildman–Crippen MR) is 43.8 cm³/mol. The molecule has 0 N–H and O–H groups in total. The average molecular weight is 196 g/mol. The van der Waals surface area contributed by atoms with Crippen LogP contribution in [0.2, 0.25) is 0 Å². The van der Waals surface area contributed by atoms with E-state index in [1.165, 1.54) is 19.3 Å². The molecule has 0 bridgehead atoms. The van der Waals surface area contributed by atoms with Crippen LogP contribution in [0.3, 0.4) is 0 Å². The van der Waals surface area contributed by atoms with Crippen molar-refractivity contribution in [2.45, 2.75) is 13.0 Å². The van der Waals surface area contributed by atoms with Crippen LogP contribution in [0, 0.1) is 0 Å². The Bertz CT molecular complexity index is 352. The average Bonchev–Trinajstić information content (AvgIpc) is 2.45. The third-order valence-corrected chi connectivity index (χ3v) is 1.86. The fourth-order valence-corrected chi connectivity index (χ4v) is 1.34. The van der Waals surface area contributed by atoms with Crippen molar-refractivity contribution >= 4 is 11.9 Å². The van der Waals surface area contributed by atoms with Gasteiger partial charge in [0.2, 0.25) is 0 Å². The smallest absolute Gasteiger partial charge is 0.336 e. The minimum atomic E-state index is -0.543. The normalized spacial score (nSPS) is 24.1. The van der Waals surface area contributed by atoms with Crippen LogP contribution in [0.15, 0.2) is 23.7 Å². The topological polar surface area (TPSA) is 61.8 Å². The first-order chi connectivity index (χ1) is 6.66. The zero-order valence-electron chi connectivity index (χ0n) is 7.48. The molecule has 5 nitrogen and oxygen atoms in total. The maximum Gasteiger partial charge on any atom is 0.336 e. The molecule has 5 heteroatoms. The molecular weight excluding hydrogens is 188 g/mol. The molecule has 0 amide bonds. The summed E-state index contributed by atoms with van der Waals surface area (Å²) in [5.41, 5.74) is 0.566. The molecule has 0 aliphatic carbocycles. The van der Waals surface area contributed by atoms with Crippen molar-refractivity contribution in [1.82, 2.24) is 0 Å². The molecule has 2 rings (SSSR count). The minimum absolute atomic E-state index is 0.214. The number of carbonyl (C=O) groups is 2. The second-order valence-electron chi connectivity index (χ2n) is 2.93. The maximum atomic E-state index is 10.9. The van der Waals surface area contributed by atoms with Crippen LogP contribution in [-0.4, -0.2) is 24.6 Å². The Morgan fingerprint density at radius 3 is 3.14 bits per heavy atom. The van der Waals surface area contributed by atoms with Gasteiger partial charge in [0.25, 0.3) is 0 Å². The van der Waals surface area contributed by atoms with Crippen LogP contribution in [0.5, 0.6) is 0 Å². The van der Waals surface area contributed by atoms with Crippen LogP contribution < -0.4 is 0 Å². The van der Waals surface area contributed by atoms with Crippen molar-refractivity contribution in [3.63, 3.8) is 0 Å². The van der Waals surface area contributed by atoms with Crippen LogP contribution >= 0.6 is 0 Å². The standard InChI is InChI=1S/C9H8O5/c1-5(10)13-7-3-12-4-8-6(7)2-9(11)14-8/h2,4,7H,3H2,1H3/t7-/m1/s1. The molecule has 0 fully saturated rings.